The van der Waals surface area contributed by atoms with Crippen LogP contribution >= 0.6 is 8.18 Å². The molecule has 2 aromatic carbocycles. The average Bonchev–Trinajstić information content (AvgIpc) is 2.43. The van der Waals surface area contributed by atoms with Crippen molar-refractivity contribution in [1.82, 2.24) is 5.09 Å². The van der Waals surface area contributed by atoms with Gasteiger partial charge in [-0.05, 0) is 36.6 Å². The van der Waals surface area contributed by atoms with Crippen LogP contribution in [0.4, 0.5) is 0 Å². The molecule has 0 saturated carbocycles. The molecule has 2 rings (SSSR count). The van der Waals surface area contributed by atoms with Crippen LogP contribution in [0.3, 0.4) is 0 Å². The van der Waals surface area contributed by atoms with Gasteiger partial charge in [-0.15, -0.1) is 0 Å². The lowest BCUT2D eigenvalue weighted by Crippen LogP contribution is -2.06. The summed E-state index contributed by atoms with van der Waals surface area (Å²) in [6, 6.07) is 15.6. The van der Waals surface area contributed by atoms with Crippen LogP contribution in [0.1, 0.15) is 16.7 Å². The molecule has 0 radical (unpaired) electrons. The van der Waals surface area contributed by atoms with E-state index in [1.54, 1.807) is 0 Å². The molecule has 0 heterocycles. The van der Waals surface area contributed by atoms with Crippen molar-refractivity contribution < 1.29 is 9.09 Å². The number of nitrogens with one attached hydrogen (secondary N) is 1. The smallest absolute Gasteiger partial charge is 0.305 e. The first-order valence-electron chi connectivity index (χ1n) is 6.22. The maximum Gasteiger partial charge on any atom is 0.305 e. The van der Waals surface area contributed by atoms with Gasteiger partial charge in [-0.1, -0.05) is 42.5 Å². The minimum atomic E-state index is -2.28. The van der Waals surface area contributed by atoms with Crippen LogP contribution in [0.2, 0.25) is 0 Å². The lowest BCUT2D eigenvalue weighted by molar-refractivity contribution is 0.489. The van der Waals surface area contributed by atoms with Gasteiger partial charge < -0.3 is 4.52 Å². The molecular weight excluding hydrogens is 257 g/mol. The highest BCUT2D eigenvalue weighted by Crippen LogP contribution is 2.28. The Bertz CT molecular complexity index is 570. The first-order valence-corrected chi connectivity index (χ1v) is 7.54. The maximum atomic E-state index is 11.9. The lowest BCUT2D eigenvalue weighted by Gasteiger charge is -2.11. The molecule has 4 heteroatoms. The van der Waals surface area contributed by atoms with Crippen molar-refractivity contribution in [1.29, 1.82) is 0 Å². The number of aryl methyl sites for hydroxylation is 1. The lowest BCUT2D eigenvalue weighted by atomic mass is 10.1. The van der Waals surface area contributed by atoms with Gasteiger partial charge in [0.1, 0.15) is 5.75 Å². The van der Waals surface area contributed by atoms with Gasteiger partial charge >= 0.3 is 8.18 Å². The molecule has 0 bridgehead atoms. The van der Waals surface area contributed by atoms with E-state index in [0.29, 0.717) is 12.3 Å². The van der Waals surface area contributed by atoms with Crippen molar-refractivity contribution in [3.8, 4) is 5.75 Å². The summed E-state index contributed by atoms with van der Waals surface area (Å²) in [4.78, 5) is 0. The molecule has 0 aromatic heterocycles. The van der Waals surface area contributed by atoms with Crippen LogP contribution in [-0.4, -0.2) is 0 Å². The largest absolute Gasteiger partial charge is 0.434 e. The standard InChI is InChI=1S/C15H18NO2P/c1-12-7-6-10-15(13(12)2)18-19(17)16-11-14-8-4-3-5-9-14/h3-10,19H,11H2,1-2H3,(H,16,17). The Morgan fingerprint density at radius 1 is 1.05 bits per heavy atom. The van der Waals surface area contributed by atoms with Crippen LogP contribution in [-0.2, 0) is 11.1 Å². The van der Waals surface area contributed by atoms with E-state index in [-0.39, 0.29) is 0 Å². The summed E-state index contributed by atoms with van der Waals surface area (Å²) in [6.07, 6.45) is 0. The summed E-state index contributed by atoms with van der Waals surface area (Å²) in [5.41, 5.74) is 3.25. The van der Waals surface area contributed by atoms with Crippen molar-refractivity contribution in [2.24, 2.45) is 0 Å². The summed E-state index contributed by atoms with van der Waals surface area (Å²) < 4.78 is 17.4. The van der Waals surface area contributed by atoms with E-state index in [0.717, 1.165) is 16.7 Å². The Kier molecular flexibility index (Phi) is 4.78. The number of hydrogen-bond acceptors (Lipinski definition) is 2. The van der Waals surface area contributed by atoms with Gasteiger partial charge in [-0.2, -0.15) is 0 Å². The van der Waals surface area contributed by atoms with Gasteiger partial charge in [0.05, 0.1) is 0 Å². The summed E-state index contributed by atoms with van der Waals surface area (Å²) in [5, 5.41) is 2.92. The molecule has 100 valence electrons. The topological polar surface area (TPSA) is 38.3 Å². The molecule has 2 aromatic rings. The minimum absolute atomic E-state index is 0.545. The second kappa shape index (κ2) is 6.55. The van der Waals surface area contributed by atoms with E-state index in [1.807, 2.05) is 62.4 Å². The molecule has 0 aliphatic rings. The molecule has 0 aliphatic carbocycles. The van der Waals surface area contributed by atoms with Crippen molar-refractivity contribution >= 4 is 8.18 Å². The van der Waals surface area contributed by atoms with Crippen LogP contribution in [0.15, 0.2) is 48.5 Å². The van der Waals surface area contributed by atoms with E-state index < -0.39 is 8.18 Å². The SMILES string of the molecule is Cc1cccc(O[PH](=O)NCc2ccccc2)c1C. The number of rotatable bonds is 5. The van der Waals surface area contributed by atoms with Crippen LogP contribution in [0.25, 0.3) is 0 Å². The van der Waals surface area contributed by atoms with Crippen molar-refractivity contribution in [3.05, 3.63) is 65.2 Å². The second-order valence-electron chi connectivity index (χ2n) is 4.43. The molecule has 3 nitrogen and oxygen atoms in total. The zero-order valence-electron chi connectivity index (χ0n) is 11.1. The van der Waals surface area contributed by atoms with Gasteiger partial charge in [-0.25, -0.2) is 5.09 Å². The molecule has 0 saturated heterocycles. The van der Waals surface area contributed by atoms with E-state index in [9.17, 15) is 4.57 Å². The quantitative estimate of drug-likeness (QED) is 0.842. The number of hydrogen-bond donors (Lipinski definition) is 1. The van der Waals surface area contributed by atoms with E-state index >= 15 is 0 Å². The molecule has 0 spiro atoms. The third-order valence-electron chi connectivity index (χ3n) is 3.04. The highest BCUT2D eigenvalue weighted by Gasteiger charge is 2.05. The molecule has 1 atom stereocenters. The molecular formula is C15H18NO2P. The maximum absolute atomic E-state index is 11.9. The highest BCUT2D eigenvalue weighted by atomic mass is 31.1. The van der Waals surface area contributed by atoms with E-state index in [4.69, 9.17) is 4.52 Å². The Hall–Kier alpha value is -1.57. The van der Waals surface area contributed by atoms with Crippen LogP contribution < -0.4 is 9.61 Å². The summed E-state index contributed by atoms with van der Waals surface area (Å²) in [5.74, 6) is 0.685. The van der Waals surface area contributed by atoms with Gasteiger partial charge in [0.25, 0.3) is 0 Å². The first-order chi connectivity index (χ1) is 9.16. The second-order valence-corrected chi connectivity index (χ2v) is 5.56. The van der Waals surface area contributed by atoms with Gasteiger partial charge in [0.15, 0.2) is 0 Å². The molecule has 19 heavy (non-hydrogen) atoms. The van der Waals surface area contributed by atoms with E-state index in [1.165, 1.54) is 0 Å². The fourth-order valence-electron chi connectivity index (χ4n) is 1.74. The Balaban J connectivity index is 1.93. The normalized spacial score (nSPS) is 12.1. The Labute approximate surface area is 114 Å². The Morgan fingerprint density at radius 3 is 2.53 bits per heavy atom. The van der Waals surface area contributed by atoms with Gasteiger partial charge in [-0.3, -0.25) is 4.57 Å². The molecule has 0 fully saturated rings. The van der Waals surface area contributed by atoms with Gasteiger partial charge in [0.2, 0.25) is 0 Å². The van der Waals surface area contributed by atoms with Crippen molar-refractivity contribution in [3.63, 3.8) is 0 Å². The zero-order valence-corrected chi connectivity index (χ0v) is 12.1. The third-order valence-corrected chi connectivity index (χ3v) is 3.91. The molecule has 0 aliphatic heterocycles. The monoisotopic (exact) mass is 275 g/mol. The average molecular weight is 275 g/mol. The van der Waals surface area contributed by atoms with Crippen molar-refractivity contribution in [2.45, 2.75) is 20.4 Å². The fraction of sp³-hybridized carbons (Fsp3) is 0.200. The molecule has 1 unspecified atom stereocenters. The van der Waals surface area contributed by atoms with Crippen LogP contribution in [0, 0.1) is 13.8 Å². The highest BCUT2D eigenvalue weighted by molar-refractivity contribution is 7.37. The summed E-state index contributed by atoms with van der Waals surface area (Å²) in [6.45, 7) is 4.53. The molecule has 0 amide bonds. The zero-order chi connectivity index (χ0) is 13.7. The predicted molar refractivity (Wildman–Crippen MR) is 78.8 cm³/mol. The Morgan fingerprint density at radius 2 is 1.79 bits per heavy atom. The summed E-state index contributed by atoms with van der Waals surface area (Å²) in [7, 11) is -2.28. The third kappa shape index (κ3) is 3.95. The predicted octanol–water partition coefficient (Wildman–Crippen LogP) is 3.86. The van der Waals surface area contributed by atoms with Crippen molar-refractivity contribution in [2.75, 3.05) is 0 Å². The van der Waals surface area contributed by atoms with E-state index in [2.05, 4.69) is 5.09 Å². The van der Waals surface area contributed by atoms with Crippen LogP contribution in [0.5, 0.6) is 5.75 Å². The minimum Gasteiger partial charge on any atom is -0.434 e. The summed E-state index contributed by atoms with van der Waals surface area (Å²) >= 11 is 0. The fourth-order valence-corrected chi connectivity index (χ4v) is 2.58. The first kappa shape index (κ1) is 13.9. The molecule has 1 N–H and O–H groups in total. The number of benzene rings is 2. The van der Waals surface area contributed by atoms with Gasteiger partial charge in [0, 0.05) is 6.54 Å².